The van der Waals surface area contributed by atoms with E-state index in [1.807, 2.05) is 11.7 Å². The largest absolute Gasteiger partial charge is 0.366 e. The second-order valence-corrected chi connectivity index (χ2v) is 5.32. The number of piperazine rings is 1. The van der Waals surface area contributed by atoms with Crippen LogP contribution in [0.4, 0.5) is 5.69 Å². The highest BCUT2D eigenvalue weighted by Gasteiger charge is 2.32. The van der Waals surface area contributed by atoms with Gasteiger partial charge in [0.1, 0.15) is 0 Å². The maximum Gasteiger partial charge on any atom is 0.0855 e. The molecule has 4 nitrogen and oxygen atoms in total. The molecule has 1 aliphatic heterocycles. The summed E-state index contributed by atoms with van der Waals surface area (Å²) in [5, 5.41) is 8.27. The van der Waals surface area contributed by atoms with Gasteiger partial charge in [-0.05, 0) is 19.3 Å². The van der Waals surface area contributed by atoms with Crippen molar-refractivity contribution < 1.29 is 0 Å². The summed E-state index contributed by atoms with van der Waals surface area (Å²) in [6.07, 6.45) is 5.54. The number of nitrogens with zero attached hydrogens (tertiary/aromatic N) is 3. The lowest BCUT2D eigenvalue weighted by Gasteiger charge is -2.44. The lowest BCUT2D eigenvalue weighted by atomic mass is 9.90. The average Bonchev–Trinajstić information content (AvgIpc) is 2.80. The van der Waals surface area contributed by atoms with Crippen LogP contribution in [0.3, 0.4) is 0 Å². The van der Waals surface area contributed by atoms with Crippen LogP contribution in [0.25, 0.3) is 0 Å². The zero-order valence-corrected chi connectivity index (χ0v) is 12.2. The predicted molar refractivity (Wildman–Crippen MR) is 76.1 cm³/mol. The van der Waals surface area contributed by atoms with Crippen molar-refractivity contribution in [1.29, 1.82) is 0 Å². The average molecular weight is 250 g/mol. The molecule has 0 atom stereocenters. The smallest absolute Gasteiger partial charge is 0.0855 e. The Labute approximate surface area is 110 Å². The van der Waals surface area contributed by atoms with Gasteiger partial charge in [-0.15, -0.1) is 0 Å². The zero-order valence-electron chi connectivity index (χ0n) is 12.2. The van der Waals surface area contributed by atoms with Gasteiger partial charge in [-0.3, -0.25) is 4.68 Å². The van der Waals surface area contributed by atoms with Gasteiger partial charge in [0.2, 0.25) is 0 Å². The fourth-order valence-electron chi connectivity index (χ4n) is 2.92. The van der Waals surface area contributed by atoms with E-state index in [9.17, 15) is 0 Å². The maximum atomic E-state index is 4.56. The predicted octanol–water partition coefficient (Wildman–Crippen LogP) is 1.95. The number of aryl methyl sites for hydroxylation is 2. The van der Waals surface area contributed by atoms with E-state index < -0.39 is 0 Å². The van der Waals surface area contributed by atoms with E-state index in [-0.39, 0.29) is 5.54 Å². The third kappa shape index (κ3) is 2.39. The summed E-state index contributed by atoms with van der Waals surface area (Å²) in [7, 11) is 2.01. The summed E-state index contributed by atoms with van der Waals surface area (Å²) < 4.78 is 1.94. The molecule has 2 heterocycles. The molecule has 4 heteroatoms. The van der Waals surface area contributed by atoms with E-state index in [1.54, 1.807) is 0 Å². The molecular weight excluding hydrogens is 224 g/mol. The van der Waals surface area contributed by atoms with Gasteiger partial charge in [0.05, 0.1) is 11.4 Å². The van der Waals surface area contributed by atoms with Crippen molar-refractivity contribution in [2.75, 3.05) is 24.5 Å². The van der Waals surface area contributed by atoms with Gasteiger partial charge < -0.3 is 10.2 Å². The van der Waals surface area contributed by atoms with Crippen molar-refractivity contribution in [2.24, 2.45) is 7.05 Å². The minimum absolute atomic E-state index is 0.277. The van der Waals surface area contributed by atoms with E-state index >= 15 is 0 Å². The number of anilines is 1. The Kier molecular flexibility index (Phi) is 3.95. The van der Waals surface area contributed by atoms with E-state index in [4.69, 9.17) is 0 Å². The summed E-state index contributed by atoms with van der Waals surface area (Å²) in [6, 6.07) is 0. The van der Waals surface area contributed by atoms with E-state index in [1.165, 1.54) is 24.2 Å². The molecule has 0 spiro atoms. The number of aromatic nitrogens is 2. The first-order chi connectivity index (χ1) is 8.64. The van der Waals surface area contributed by atoms with Crippen molar-refractivity contribution in [3.05, 3.63) is 11.9 Å². The Balaban J connectivity index is 2.22. The van der Waals surface area contributed by atoms with Crippen LogP contribution >= 0.6 is 0 Å². The van der Waals surface area contributed by atoms with E-state index in [2.05, 4.69) is 42.3 Å². The molecule has 1 N–H and O–H groups in total. The molecule has 0 bridgehead atoms. The van der Waals surface area contributed by atoms with E-state index in [0.29, 0.717) is 0 Å². The van der Waals surface area contributed by atoms with Crippen LogP contribution in [0.1, 0.15) is 39.3 Å². The summed E-state index contributed by atoms with van der Waals surface area (Å²) in [5.74, 6) is 0. The topological polar surface area (TPSA) is 33.1 Å². The highest BCUT2D eigenvalue weighted by Crippen LogP contribution is 2.26. The van der Waals surface area contributed by atoms with Gasteiger partial charge in [0, 0.05) is 38.4 Å². The van der Waals surface area contributed by atoms with Crippen LogP contribution in [0.2, 0.25) is 0 Å². The lowest BCUT2D eigenvalue weighted by Crippen LogP contribution is -2.60. The van der Waals surface area contributed by atoms with Gasteiger partial charge >= 0.3 is 0 Å². The summed E-state index contributed by atoms with van der Waals surface area (Å²) >= 11 is 0. The van der Waals surface area contributed by atoms with Crippen LogP contribution in [0, 0.1) is 0 Å². The number of hydrogen-bond acceptors (Lipinski definition) is 3. The van der Waals surface area contributed by atoms with Crippen LogP contribution in [0.15, 0.2) is 6.20 Å². The molecule has 0 saturated carbocycles. The van der Waals surface area contributed by atoms with Gasteiger partial charge in [0.15, 0.2) is 0 Å². The molecule has 0 aromatic carbocycles. The molecule has 1 saturated heterocycles. The second kappa shape index (κ2) is 5.31. The van der Waals surface area contributed by atoms with Crippen LogP contribution < -0.4 is 10.2 Å². The Morgan fingerprint density at radius 1 is 1.33 bits per heavy atom. The highest BCUT2D eigenvalue weighted by molar-refractivity contribution is 5.50. The summed E-state index contributed by atoms with van der Waals surface area (Å²) in [4.78, 5) is 2.51. The monoisotopic (exact) mass is 250 g/mol. The minimum atomic E-state index is 0.277. The summed E-state index contributed by atoms with van der Waals surface area (Å²) in [5.41, 5.74) is 2.83. The minimum Gasteiger partial charge on any atom is -0.366 e. The standard InChI is InChI=1S/C14H26N4/c1-5-12-13(10-17(4)16-12)18-9-8-15-14(6-2,7-3)11-18/h10,15H,5-9,11H2,1-4H3. The molecule has 0 amide bonds. The third-order valence-electron chi connectivity index (χ3n) is 4.29. The zero-order chi connectivity index (χ0) is 13.2. The summed E-state index contributed by atoms with van der Waals surface area (Å²) in [6.45, 7) is 9.99. The molecule has 1 aromatic heterocycles. The number of hydrogen-bond donors (Lipinski definition) is 1. The number of nitrogens with one attached hydrogen (secondary N) is 1. The fraction of sp³-hybridized carbons (Fsp3) is 0.786. The fourth-order valence-corrected chi connectivity index (χ4v) is 2.92. The van der Waals surface area contributed by atoms with Crippen molar-refractivity contribution in [3.63, 3.8) is 0 Å². The van der Waals surface area contributed by atoms with Crippen molar-refractivity contribution in [3.8, 4) is 0 Å². The normalized spacial score (nSPS) is 19.2. The van der Waals surface area contributed by atoms with Crippen molar-refractivity contribution >= 4 is 5.69 Å². The molecule has 18 heavy (non-hydrogen) atoms. The Morgan fingerprint density at radius 2 is 2.06 bits per heavy atom. The van der Waals surface area contributed by atoms with Gasteiger partial charge in [-0.1, -0.05) is 20.8 Å². The quantitative estimate of drug-likeness (QED) is 0.886. The molecule has 0 radical (unpaired) electrons. The SMILES string of the molecule is CCc1nn(C)cc1N1CCNC(CC)(CC)C1. The second-order valence-electron chi connectivity index (χ2n) is 5.32. The van der Waals surface area contributed by atoms with Crippen LogP contribution in [-0.2, 0) is 13.5 Å². The first kappa shape index (κ1) is 13.4. The van der Waals surface area contributed by atoms with Crippen molar-refractivity contribution in [1.82, 2.24) is 15.1 Å². The lowest BCUT2D eigenvalue weighted by molar-refractivity contribution is 0.277. The first-order valence-electron chi connectivity index (χ1n) is 7.16. The molecular formula is C14H26N4. The Hall–Kier alpha value is -1.03. The molecule has 1 fully saturated rings. The van der Waals surface area contributed by atoms with Crippen molar-refractivity contribution in [2.45, 2.75) is 45.6 Å². The van der Waals surface area contributed by atoms with E-state index in [0.717, 1.165) is 26.1 Å². The number of rotatable bonds is 4. The highest BCUT2D eigenvalue weighted by atomic mass is 15.3. The Bertz CT molecular complexity index is 392. The van der Waals surface area contributed by atoms with Crippen LogP contribution in [0.5, 0.6) is 0 Å². The molecule has 2 rings (SSSR count). The third-order valence-corrected chi connectivity index (χ3v) is 4.29. The molecule has 1 aromatic rings. The van der Waals surface area contributed by atoms with Gasteiger partial charge in [0.25, 0.3) is 0 Å². The molecule has 102 valence electrons. The molecule has 0 unspecified atom stereocenters. The Morgan fingerprint density at radius 3 is 2.67 bits per heavy atom. The first-order valence-corrected chi connectivity index (χ1v) is 7.16. The molecule has 0 aliphatic carbocycles. The van der Waals surface area contributed by atoms with Crippen LogP contribution in [-0.4, -0.2) is 35.0 Å². The van der Waals surface area contributed by atoms with Gasteiger partial charge in [-0.2, -0.15) is 5.10 Å². The molecule has 1 aliphatic rings. The van der Waals surface area contributed by atoms with Gasteiger partial charge in [-0.25, -0.2) is 0 Å². The maximum absolute atomic E-state index is 4.56.